The quantitative estimate of drug-likeness (QED) is 0.575. The van der Waals surface area contributed by atoms with Crippen LogP contribution in [0, 0.1) is 0 Å². The molecule has 0 aliphatic carbocycles. The predicted molar refractivity (Wildman–Crippen MR) is 130 cm³/mol. The number of aromatic nitrogens is 1. The molecule has 1 unspecified atom stereocenters. The van der Waals surface area contributed by atoms with Crippen LogP contribution in [0.25, 0.3) is 5.57 Å². The fourth-order valence-electron chi connectivity index (χ4n) is 4.73. The number of ether oxygens (including phenoxy) is 2. The minimum absolute atomic E-state index is 0.438. The van der Waals surface area contributed by atoms with E-state index in [1.807, 2.05) is 48.5 Å². The maximum atomic E-state index is 11.2. The molecule has 0 spiro atoms. The first-order chi connectivity index (χ1) is 16.1. The minimum atomic E-state index is -0.829. The summed E-state index contributed by atoms with van der Waals surface area (Å²) in [5.74, 6) is 1.63. The minimum Gasteiger partial charge on any atom is -0.497 e. The van der Waals surface area contributed by atoms with E-state index in [2.05, 4.69) is 22.0 Å². The van der Waals surface area contributed by atoms with Crippen molar-refractivity contribution in [3.05, 3.63) is 94.3 Å². The van der Waals surface area contributed by atoms with E-state index < -0.39 is 5.60 Å². The number of fused-ring (bicyclic) bond motifs is 2. The van der Waals surface area contributed by atoms with Gasteiger partial charge in [-0.25, -0.2) is 0 Å². The van der Waals surface area contributed by atoms with E-state index >= 15 is 0 Å². The van der Waals surface area contributed by atoms with Crippen LogP contribution in [0.3, 0.4) is 0 Å². The van der Waals surface area contributed by atoms with Crippen LogP contribution in [0.15, 0.2) is 66.9 Å². The van der Waals surface area contributed by atoms with Gasteiger partial charge in [0.25, 0.3) is 0 Å². The number of β-amino-alcohol motifs (C(OH)–C–C–N with tert-alkyl or cyclic N) is 1. The first-order valence-corrected chi connectivity index (χ1v) is 11.6. The first-order valence-electron chi connectivity index (χ1n) is 11.2. The van der Waals surface area contributed by atoms with Gasteiger partial charge in [0.1, 0.15) is 23.7 Å². The van der Waals surface area contributed by atoms with Crippen molar-refractivity contribution in [3.63, 3.8) is 0 Å². The normalized spacial score (nSPS) is 21.2. The van der Waals surface area contributed by atoms with Crippen molar-refractivity contribution >= 4 is 17.2 Å². The van der Waals surface area contributed by atoms with Crippen molar-refractivity contribution in [2.75, 3.05) is 26.7 Å². The Kier molecular flexibility index (Phi) is 6.11. The Labute approximate surface area is 199 Å². The molecule has 2 aliphatic heterocycles. The van der Waals surface area contributed by atoms with Gasteiger partial charge in [0.15, 0.2) is 0 Å². The van der Waals surface area contributed by atoms with Gasteiger partial charge in [0.2, 0.25) is 0 Å². The van der Waals surface area contributed by atoms with Gasteiger partial charge in [-0.1, -0.05) is 35.9 Å². The second-order valence-electron chi connectivity index (χ2n) is 8.62. The molecular weight excluding hydrogens is 436 g/mol. The smallest absolute Gasteiger partial charge is 0.131 e. The third-order valence-corrected chi connectivity index (χ3v) is 6.78. The number of pyridine rings is 1. The average molecular weight is 463 g/mol. The highest BCUT2D eigenvalue weighted by Gasteiger charge is 2.37. The average Bonchev–Trinajstić information content (AvgIpc) is 3.15. The van der Waals surface area contributed by atoms with Gasteiger partial charge in [-0.3, -0.25) is 9.88 Å². The highest BCUT2D eigenvalue weighted by Crippen LogP contribution is 2.38. The molecule has 1 atom stereocenters. The van der Waals surface area contributed by atoms with Gasteiger partial charge in [0, 0.05) is 42.0 Å². The van der Waals surface area contributed by atoms with Gasteiger partial charge in [-0.15, -0.1) is 0 Å². The molecule has 0 bridgehead atoms. The molecule has 2 aliphatic rings. The van der Waals surface area contributed by atoms with E-state index in [-0.39, 0.29) is 0 Å². The Hall–Kier alpha value is -2.86. The summed E-state index contributed by atoms with van der Waals surface area (Å²) in [6, 6.07) is 17.5. The van der Waals surface area contributed by atoms with E-state index in [0.717, 1.165) is 59.0 Å². The van der Waals surface area contributed by atoms with Gasteiger partial charge in [-0.2, -0.15) is 0 Å². The van der Waals surface area contributed by atoms with Crippen LogP contribution in [0.1, 0.15) is 35.2 Å². The van der Waals surface area contributed by atoms with Crippen molar-refractivity contribution in [2.24, 2.45) is 0 Å². The van der Waals surface area contributed by atoms with Crippen LogP contribution in [0.2, 0.25) is 5.02 Å². The van der Waals surface area contributed by atoms with Gasteiger partial charge >= 0.3 is 0 Å². The highest BCUT2D eigenvalue weighted by atomic mass is 35.5. The van der Waals surface area contributed by atoms with Crippen molar-refractivity contribution < 1.29 is 14.6 Å². The van der Waals surface area contributed by atoms with E-state index in [1.165, 1.54) is 0 Å². The molecular formula is C27H27ClN2O3. The number of hydrogen-bond acceptors (Lipinski definition) is 5. The second-order valence-corrected chi connectivity index (χ2v) is 9.06. The van der Waals surface area contributed by atoms with Crippen LogP contribution in [-0.2, 0) is 12.2 Å². The Morgan fingerprint density at radius 1 is 1.18 bits per heavy atom. The zero-order valence-corrected chi connectivity index (χ0v) is 19.4. The number of aliphatic hydroxyl groups is 1. The summed E-state index contributed by atoms with van der Waals surface area (Å²) in [6.45, 7) is 2.76. The van der Waals surface area contributed by atoms with Crippen LogP contribution in [-0.4, -0.2) is 41.7 Å². The molecule has 1 fully saturated rings. The molecule has 5 rings (SSSR count). The van der Waals surface area contributed by atoms with Gasteiger partial charge in [0.05, 0.1) is 12.8 Å². The van der Waals surface area contributed by atoms with Crippen molar-refractivity contribution in [1.82, 2.24) is 9.88 Å². The highest BCUT2D eigenvalue weighted by molar-refractivity contribution is 6.30. The van der Waals surface area contributed by atoms with Crippen molar-refractivity contribution in [3.8, 4) is 11.5 Å². The number of likely N-dealkylation sites (tertiary alicyclic amines) is 1. The summed E-state index contributed by atoms with van der Waals surface area (Å²) >= 11 is 6.02. The van der Waals surface area contributed by atoms with Crippen molar-refractivity contribution in [1.29, 1.82) is 0 Å². The van der Waals surface area contributed by atoms with E-state index in [9.17, 15) is 5.11 Å². The summed E-state index contributed by atoms with van der Waals surface area (Å²) in [5.41, 5.74) is 4.23. The van der Waals surface area contributed by atoms with Gasteiger partial charge < -0.3 is 14.6 Å². The lowest BCUT2D eigenvalue weighted by atomic mass is 9.93. The second kappa shape index (κ2) is 9.18. The Morgan fingerprint density at radius 3 is 2.85 bits per heavy atom. The maximum Gasteiger partial charge on any atom is 0.131 e. The van der Waals surface area contributed by atoms with Crippen molar-refractivity contribution in [2.45, 2.75) is 25.0 Å². The van der Waals surface area contributed by atoms with E-state index in [4.69, 9.17) is 21.1 Å². The number of nitrogens with zero attached hydrogens (tertiary/aromatic N) is 2. The van der Waals surface area contributed by atoms with Crippen LogP contribution >= 0.6 is 11.6 Å². The molecule has 3 aromatic rings. The first kappa shape index (κ1) is 22.0. The molecule has 0 amide bonds. The molecule has 6 heteroatoms. The van der Waals surface area contributed by atoms with Crippen LogP contribution in [0.5, 0.6) is 11.5 Å². The zero-order chi connectivity index (χ0) is 22.8. The van der Waals surface area contributed by atoms with E-state index in [0.29, 0.717) is 24.6 Å². The standard InChI is InChI=1S/C27H27ClN2O3/c1-32-21-10-11-26-24(16-21)22(23-4-2-13-29-25(23)17-33-26)5-3-14-30-15-12-27(31,18-30)19-6-8-20(28)9-7-19/h2,4-11,13,16,31H,3,12,14-15,17-18H2,1H3/b22-5+. The monoisotopic (exact) mass is 462 g/mol. The molecule has 0 saturated carbocycles. The Bertz CT molecular complexity index is 1180. The molecule has 1 saturated heterocycles. The summed E-state index contributed by atoms with van der Waals surface area (Å²) < 4.78 is 11.5. The maximum absolute atomic E-state index is 11.2. The molecule has 2 aromatic carbocycles. The topological polar surface area (TPSA) is 54.8 Å². The third-order valence-electron chi connectivity index (χ3n) is 6.52. The lowest BCUT2D eigenvalue weighted by molar-refractivity contribution is 0.0463. The van der Waals surface area contributed by atoms with Gasteiger partial charge in [-0.05, 0) is 60.4 Å². The van der Waals surface area contributed by atoms with E-state index in [1.54, 1.807) is 13.3 Å². The SMILES string of the molecule is COc1ccc2c(c1)/C(=C/CCN1CCC(O)(c3ccc(Cl)cc3)C1)c1cccnc1CO2. The number of hydrogen-bond donors (Lipinski definition) is 1. The largest absolute Gasteiger partial charge is 0.497 e. The molecule has 33 heavy (non-hydrogen) atoms. The summed E-state index contributed by atoms with van der Waals surface area (Å²) in [6.07, 6.45) is 5.62. The lowest BCUT2D eigenvalue weighted by Crippen LogP contribution is -2.31. The third kappa shape index (κ3) is 4.49. The molecule has 1 aromatic heterocycles. The molecule has 5 nitrogen and oxygen atoms in total. The number of benzene rings is 2. The number of halogens is 1. The summed E-state index contributed by atoms with van der Waals surface area (Å²) in [5, 5.41) is 11.9. The number of rotatable bonds is 5. The Balaban J connectivity index is 1.37. The number of methoxy groups -OCH3 is 1. The fraction of sp³-hybridized carbons (Fsp3) is 0.296. The molecule has 170 valence electrons. The summed E-state index contributed by atoms with van der Waals surface area (Å²) in [7, 11) is 1.67. The predicted octanol–water partition coefficient (Wildman–Crippen LogP) is 5.05. The summed E-state index contributed by atoms with van der Waals surface area (Å²) in [4.78, 5) is 6.86. The Morgan fingerprint density at radius 2 is 2.03 bits per heavy atom. The zero-order valence-electron chi connectivity index (χ0n) is 18.6. The fourth-order valence-corrected chi connectivity index (χ4v) is 4.86. The molecule has 3 heterocycles. The van der Waals surface area contributed by atoms with Crippen LogP contribution in [0.4, 0.5) is 0 Å². The lowest BCUT2D eigenvalue weighted by Gasteiger charge is -2.24. The molecule has 0 radical (unpaired) electrons. The van der Waals surface area contributed by atoms with Crippen LogP contribution < -0.4 is 9.47 Å². The molecule has 1 N–H and O–H groups in total.